The molecule has 43 heavy (non-hydrogen) atoms. The molecule has 216 valence electrons. The van der Waals surface area contributed by atoms with Gasteiger partial charge in [0, 0.05) is 74.1 Å². The highest BCUT2D eigenvalue weighted by molar-refractivity contribution is 5.87. The van der Waals surface area contributed by atoms with Crippen molar-refractivity contribution in [1.29, 1.82) is 5.26 Å². The highest BCUT2D eigenvalue weighted by Crippen LogP contribution is 2.32. The highest BCUT2D eigenvalue weighted by Gasteiger charge is 2.26. The van der Waals surface area contributed by atoms with Crippen molar-refractivity contribution in [2.75, 3.05) is 31.1 Å². The van der Waals surface area contributed by atoms with Crippen LogP contribution in [0.3, 0.4) is 0 Å². The summed E-state index contributed by atoms with van der Waals surface area (Å²) < 4.78 is 8.71. The van der Waals surface area contributed by atoms with Crippen LogP contribution >= 0.6 is 0 Å². The molecule has 1 unspecified atom stereocenters. The number of carbonyl (C=O) groups is 2. The predicted octanol–water partition coefficient (Wildman–Crippen LogP) is 3.54. The molecule has 6 rings (SSSR count). The molecule has 2 amide bonds. The summed E-state index contributed by atoms with van der Waals surface area (Å²) in [6.07, 6.45) is 7.34. The number of aryl methyl sites for hydroxylation is 1. The third-order valence-corrected chi connectivity index (χ3v) is 7.58. The number of amides is 2. The van der Waals surface area contributed by atoms with Gasteiger partial charge in [-0.3, -0.25) is 9.48 Å². The van der Waals surface area contributed by atoms with Crippen LogP contribution < -0.4 is 10.6 Å². The minimum atomic E-state index is -0.914. The number of hydrogen-bond donors (Lipinski definition) is 1. The van der Waals surface area contributed by atoms with E-state index in [1.165, 1.54) is 0 Å². The first kappa shape index (κ1) is 27.5. The van der Waals surface area contributed by atoms with E-state index in [9.17, 15) is 14.9 Å². The first-order chi connectivity index (χ1) is 20.9. The van der Waals surface area contributed by atoms with E-state index in [0.29, 0.717) is 37.3 Å². The lowest BCUT2D eigenvalue weighted by atomic mass is 10.0. The number of nitrogens with zero attached hydrogens (tertiary/aromatic N) is 8. The van der Waals surface area contributed by atoms with E-state index in [1.54, 1.807) is 32.7 Å². The molecule has 1 aromatic carbocycles. The summed E-state index contributed by atoms with van der Waals surface area (Å²) in [6.45, 7) is 2.23. The topological polar surface area (TPSA) is 148 Å². The van der Waals surface area contributed by atoms with Gasteiger partial charge in [0.25, 0.3) is 0 Å². The van der Waals surface area contributed by atoms with E-state index < -0.39 is 12.2 Å². The van der Waals surface area contributed by atoms with Gasteiger partial charge in [0.15, 0.2) is 0 Å². The van der Waals surface area contributed by atoms with E-state index in [1.807, 2.05) is 68.0 Å². The summed E-state index contributed by atoms with van der Waals surface area (Å²) in [5.41, 5.74) is 10.7. The van der Waals surface area contributed by atoms with Crippen molar-refractivity contribution < 1.29 is 14.3 Å². The second kappa shape index (κ2) is 11.7. The number of aromatic nitrogens is 5. The Balaban J connectivity index is 1.17. The molecule has 12 heteroatoms. The molecule has 0 bridgehead atoms. The van der Waals surface area contributed by atoms with Crippen molar-refractivity contribution >= 4 is 23.3 Å². The Kier molecular flexibility index (Phi) is 7.44. The van der Waals surface area contributed by atoms with Gasteiger partial charge in [-0.25, -0.2) is 14.3 Å². The van der Waals surface area contributed by atoms with Gasteiger partial charge in [-0.1, -0.05) is 30.3 Å². The Morgan fingerprint density at radius 3 is 2.42 bits per heavy atom. The summed E-state index contributed by atoms with van der Waals surface area (Å²) >= 11 is 0. The third kappa shape index (κ3) is 5.73. The molecule has 1 saturated heterocycles. The molecular formula is C31H29N9O3. The average Bonchev–Trinajstić information content (AvgIpc) is 3.66. The number of primary amides is 1. The number of hydrogen-bond acceptors (Lipinski definition) is 8. The maximum atomic E-state index is 13.1. The van der Waals surface area contributed by atoms with Gasteiger partial charge in [0.2, 0.25) is 5.91 Å². The van der Waals surface area contributed by atoms with Crippen LogP contribution in [-0.2, 0) is 16.6 Å². The summed E-state index contributed by atoms with van der Waals surface area (Å²) in [5, 5.41) is 18.4. The van der Waals surface area contributed by atoms with E-state index in [-0.39, 0.29) is 12.3 Å². The molecule has 1 atom stereocenters. The molecule has 1 aliphatic heterocycles. The second-order valence-corrected chi connectivity index (χ2v) is 10.3. The summed E-state index contributed by atoms with van der Waals surface area (Å²) in [7, 11) is 1.86. The Hall–Kier alpha value is -5.70. The van der Waals surface area contributed by atoms with Crippen molar-refractivity contribution in [3.63, 3.8) is 0 Å². The molecule has 0 radical (unpaired) electrons. The summed E-state index contributed by atoms with van der Waals surface area (Å²) in [4.78, 5) is 33.2. The fourth-order valence-corrected chi connectivity index (χ4v) is 5.39. The Bertz CT molecular complexity index is 1820. The van der Waals surface area contributed by atoms with E-state index in [0.717, 1.165) is 33.6 Å². The zero-order valence-electron chi connectivity index (χ0n) is 23.5. The van der Waals surface area contributed by atoms with Crippen LogP contribution in [0.2, 0.25) is 0 Å². The van der Waals surface area contributed by atoms with Crippen molar-refractivity contribution in [3.8, 4) is 28.3 Å². The molecule has 5 aromatic rings. The van der Waals surface area contributed by atoms with Gasteiger partial charge in [-0.15, -0.1) is 0 Å². The average molecular weight is 576 g/mol. The van der Waals surface area contributed by atoms with Gasteiger partial charge in [0.1, 0.15) is 18.0 Å². The van der Waals surface area contributed by atoms with Crippen molar-refractivity contribution in [1.82, 2.24) is 29.3 Å². The number of benzene rings is 1. The number of anilines is 1. The fraction of sp³-hybridized carbons (Fsp3) is 0.226. The lowest BCUT2D eigenvalue weighted by molar-refractivity contribution is -0.133. The number of piperazine rings is 1. The van der Waals surface area contributed by atoms with Gasteiger partial charge < -0.3 is 20.3 Å². The van der Waals surface area contributed by atoms with E-state index in [4.69, 9.17) is 15.5 Å². The maximum Gasteiger partial charge on any atom is 0.405 e. The second-order valence-electron chi connectivity index (χ2n) is 10.3. The smallest absolute Gasteiger partial charge is 0.405 e. The largest absolute Gasteiger partial charge is 0.441 e. The number of rotatable bonds is 7. The monoisotopic (exact) mass is 575 g/mol. The molecule has 4 aromatic heterocycles. The van der Waals surface area contributed by atoms with Gasteiger partial charge in [-0.05, 0) is 23.8 Å². The molecule has 2 N–H and O–H groups in total. The normalized spacial score (nSPS) is 14.0. The van der Waals surface area contributed by atoms with E-state index in [2.05, 4.69) is 21.2 Å². The quantitative estimate of drug-likeness (QED) is 0.310. The molecule has 5 heterocycles. The van der Waals surface area contributed by atoms with E-state index >= 15 is 0 Å². The minimum Gasteiger partial charge on any atom is -0.441 e. The lowest BCUT2D eigenvalue weighted by Crippen LogP contribution is -2.49. The van der Waals surface area contributed by atoms with Crippen LogP contribution in [0.25, 0.3) is 27.8 Å². The summed E-state index contributed by atoms with van der Waals surface area (Å²) in [6, 6.07) is 17.3. The number of nitriles is 1. The van der Waals surface area contributed by atoms with Gasteiger partial charge in [0.05, 0.1) is 29.9 Å². The molecule has 0 spiro atoms. The molecule has 1 aliphatic rings. The van der Waals surface area contributed by atoms with Crippen LogP contribution in [0.15, 0.2) is 79.5 Å². The zero-order chi connectivity index (χ0) is 29.9. The number of carbonyl (C=O) groups excluding carboxylic acids is 2. The lowest BCUT2D eigenvalue weighted by Gasteiger charge is -2.36. The molecule has 0 aliphatic carbocycles. The Labute approximate surface area is 247 Å². The Morgan fingerprint density at radius 2 is 1.77 bits per heavy atom. The Morgan fingerprint density at radius 1 is 0.977 bits per heavy atom. The number of nitrogens with two attached hydrogens (primary N) is 1. The van der Waals surface area contributed by atoms with Crippen LogP contribution in [0.1, 0.15) is 23.7 Å². The van der Waals surface area contributed by atoms with Gasteiger partial charge in [-0.2, -0.15) is 15.5 Å². The van der Waals surface area contributed by atoms with Crippen molar-refractivity contribution in [2.45, 2.75) is 12.5 Å². The standard InChI is InChI=1S/C31H29N9O3/c1-37-19-25(18-35-37)23-13-26(30-24(15-32)17-36-40(30)20-23)22-7-8-28(34-16-22)38-9-11-39(12-10-38)29(41)14-27(43-31(33)42)21-5-3-2-4-6-21/h2-8,13,16-20,27H,9-12,14H2,1H3,(H2,33,42). The third-order valence-electron chi connectivity index (χ3n) is 7.58. The SMILES string of the molecule is Cn1cc(-c2cc(-c3ccc(N4CCN(C(=O)CC(OC(N)=O)c5ccccc5)CC4)nc3)c3c(C#N)cnn3c2)cn1. The van der Waals surface area contributed by atoms with Crippen LogP contribution in [0, 0.1) is 11.3 Å². The molecule has 1 fully saturated rings. The molecular weight excluding hydrogens is 546 g/mol. The first-order valence-electron chi connectivity index (χ1n) is 13.8. The van der Waals surface area contributed by atoms with Gasteiger partial charge >= 0.3 is 6.09 Å². The molecule has 12 nitrogen and oxygen atoms in total. The van der Waals surface area contributed by atoms with Crippen LogP contribution in [0.4, 0.5) is 10.6 Å². The van der Waals surface area contributed by atoms with Crippen LogP contribution in [-0.4, -0.2) is 67.5 Å². The zero-order valence-corrected chi connectivity index (χ0v) is 23.5. The van der Waals surface area contributed by atoms with Crippen LogP contribution in [0.5, 0.6) is 0 Å². The van der Waals surface area contributed by atoms with Crippen molar-refractivity contribution in [3.05, 3.63) is 90.6 Å². The number of ether oxygens (including phenoxy) is 1. The summed E-state index contributed by atoms with van der Waals surface area (Å²) in [5.74, 6) is 0.688. The molecule has 0 saturated carbocycles. The fourth-order valence-electron chi connectivity index (χ4n) is 5.39. The highest BCUT2D eigenvalue weighted by atomic mass is 16.6. The maximum absolute atomic E-state index is 13.1. The minimum absolute atomic E-state index is 0.0196. The first-order valence-corrected chi connectivity index (χ1v) is 13.8. The van der Waals surface area contributed by atoms with Crippen molar-refractivity contribution in [2.24, 2.45) is 12.8 Å². The number of fused-ring (bicyclic) bond motifs is 1. The predicted molar refractivity (Wildman–Crippen MR) is 159 cm³/mol. The number of pyridine rings is 2.